The fourth-order valence-corrected chi connectivity index (χ4v) is 2.69. The molecule has 2 unspecified atom stereocenters. The van der Waals surface area contributed by atoms with Crippen molar-refractivity contribution in [3.8, 4) is 5.75 Å². The van der Waals surface area contributed by atoms with Crippen LogP contribution in [0.25, 0.3) is 0 Å². The molecule has 0 N–H and O–H groups in total. The van der Waals surface area contributed by atoms with Crippen LogP contribution in [0, 0.1) is 0 Å². The molecule has 1 aromatic carbocycles. The number of ether oxygens (including phenoxy) is 3. The van der Waals surface area contributed by atoms with Crippen LogP contribution in [0.1, 0.15) is 39.7 Å². The van der Waals surface area contributed by atoms with Crippen LogP contribution in [-0.4, -0.2) is 24.8 Å². The molecule has 0 aliphatic carbocycles. The van der Waals surface area contributed by atoms with Crippen molar-refractivity contribution in [3.05, 3.63) is 29.8 Å². The maximum absolute atomic E-state index is 12.1. The van der Waals surface area contributed by atoms with E-state index < -0.39 is 11.2 Å². The van der Waals surface area contributed by atoms with Crippen molar-refractivity contribution < 1.29 is 19.0 Å². The van der Waals surface area contributed by atoms with Crippen molar-refractivity contribution in [1.82, 2.24) is 0 Å². The first-order chi connectivity index (χ1) is 9.54. The lowest BCUT2D eigenvalue weighted by molar-refractivity contribution is -0.149. The monoisotopic (exact) mass is 278 g/mol. The minimum absolute atomic E-state index is 0.279. The molecular formula is C16H22O4. The lowest BCUT2D eigenvalue weighted by Gasteiger charge is -2.15. The van der Waals surface area contributed by atoms with Gasteiger partial charge < -0.3 is 14.2 Å². The summed E-state index contributed by atoms with van der Waals surface area (Å²) in [6.45, 7) is 8.62. The number of hydrogen-bond acceptors (Lipinski definition) is 4. The van der Waals surface area contributed by atoms with Gasteiger partial charge >= 0.3 is 5.97 Å². The molecule has 0 saturated carbocycles. The van der Waals surface area contributed by atoms with Gasteiger partial charge in [0.05, 0.1) is 13.2 Å². The molecule has 0 spiro atoms. The maximum Gasteiger partial charge on any atom is 0.341 e. The molecular weight excluding hydrogens is 256 g/mol. The first-order valence-corrected chi connectivity index (χ1v) is 7.14. The number of esters is 1. The Hall–Kier alpha value is -1.55. The van der Waals surface area contributed by atoms with Crippen molar-refractivity contribution in [1.29, 1.82) is 0 Å². The lowest BCUT2D eigenvalue weighted by Crippen LogP contribution is -2.32. The van der Waals surface area contributed by atoms with Gasteiger partial charge in [0, 0.05) is 0 Å². The Morgan fingerprint density at radius 3 is 2.30 bits per heavy atom. The van der Waals surface area contributed by atoms with Crippen LogP contribution in [0.15, 0.2) is 24.3 Å². The number of carbonyl (C=O) groups is 1. The lowest BCUT2D eigenvalue weighted by atomic mass is 9.86. The Bertz CT molecular complexity index is 482. The van der Waals surface area contributed by atoms with E-state index in [-0.39, 0.29) is 5.97 Å². The molecule has 2 rings (SSSR count). The second-order valence-electron chi connectivity index (χ2n) is 4.99. The molecule has 4 heteroatoms. The summed E-state index contributed by atoms with van der Waals surface area (Å²) in [6.07, 6.45) is 0.593. The van der Waals surface area contributed by atoms with E-state index in [2.05, 4.69) is 0 Å². The summed E-state index contributed by atoms with van der Waals surface area (Å²) < 4.78 is 16.4. The summed E-state index contributed by atoms with van der Waals surface area (Å²) in [5.41, 5.74) is -0.495. The molecule has 1 heterocycles. The molecule has 0 amide bonds. The minimum atomic E-state index is -0.851. The zero-order valence-corrected chi connectivity index (χ0v) is 12.6. The minimum Gasteiger partial charge on any atom is -0.494 e. The molecule has 4 nitrogen and oxygen atoms in total. The molecule has 0 radical (unpaired) electrons. The van der Waals surface area contributed by atoms with Gasteiger partial charge in [0.25, 0.3) is 0 Å². The van der Waals surface area contributed by atoms with E-state index in [4.69, 9.17) is 14.2 Å². The van der Waals surface area contributed by atoms with E-state index in [9.17, 15) is 4.79 Å². The maximum atomic E-state index is 12.1. The Morgan fingerprint density at radius 2 is 1.80 bits per heavy atom. The highest BCUT2D eigenvalue weighted by molar-refractivity contribution is 5.85. The zero-order valence-electron chi connectivity index (χ0n) is 12.6. The van der Waals surface area contributed by atoms with E-state index >= 15 is 0 Å². The average Bonchev–Trinajstić information content (AvgIpc) is 3.08. The van der Waals surface area contributed by atoms with Crippen LogP contribution in [0.3, 0.4) is 0 Å². The standard InChI is InChI=1S/C16H22O4/c1-5-16(14(17)19-7-3)15(4,20-16)12-8-10-13(11-9-12)18-6-2/h8-11H,5-7H2,1-4H3. The van der Waals surface area contributed by atoms with Crippen LogP contribution in [-0.2, 0) is 19.9 Å². The second kappa shape index (κ2) is 5.44. The Balaban J connectivity index is 2.22. The van der Waals surface area contributed by atoms with Crippen molar-refractivity contribution in [2.24, 2.45) is 0 Å². The van der Waals surface area contributed by atoms with Gasteiger partial charge in [-0.1, -0.05) is 19.1 Å². The van der Waals surface area contributed by atoms with Crippen LogP contribution >= 0.6 is 0 Å². The zero-order chi connectivity index (χ0) is 14.8. The van der Waals surface area contributed by atoms with Crippen LogP contribution in [0.5, 0.6) is 5.75 Å². The van der Waals surface area contributed by atoms with Gasteiger partial charge in [-0.15, -0.1) is 0 Å². The quantitative estimate of drug-likeness (QED) is 0.593. The first kappa shape index (κ1) is 14.9. The van der Waals surface area contributed by atoms with Crippen molar-refractivity contribution in [3.63, 3.8) is 0 Å². The molecule has 1 saturated heterocycles. The van der Waals surface area contributed by atoms with Gasteiger partial charge in [-0.05, 0) is 44.9 Å². The van der Waals surface area contributed by atoms with Gasteiger partial charge in [0.1, 0.15) is 11.4 Å². The summed E-state index contributed by atoms with van der Waals surface area (Å²) in [7, 11) is 0. The van der Waals surface area contributed by atoms with Crippen LogP contribution in [0.2, 0.25) is 0 Å². The summed E-state index contributed by atoms with van der Waals surface area (Å²) in [4.78, 5) is 12.1. The third-order valence-corrected chi connectivity index (χ3v) is 3.93. The predicted molar refractivity (Wildman–Crippen MR) is 75.7 cm³/mol. The normalized spacial score (nSPS) is 28.0. The molecule has 2 atom stereocenters. The highest BCUT2D eigenvalue weighted by atomic mass is 16.7. The summed E-state index contributed by atoms with van der Waals surface area (Å²) in [5.74, 6) is 0.539. The Labute approximate surface area is 120 Å². The van der Waals surface area contributed by atoms with Crippen molar-refractivity contribution in [2.75, 3.05) is 13.2 Å². The molecule has 1 fully saturated rings. The van der Waals surface area contributed by atoms with E-state index in [1.807, 2.05) is 45.0 Å². The number of carbonyl (C=O) groups excluding carboxylic acids is 1. The summed E-state index contributed by atoms with van der Waals surface area (Å²) in [6, 6.07) is 7.69. The predicted octanol–water partition coefficient (Wildman–Crippen LogP) is 3.04. The molecule has 1 aromatic rings. The number of epoxide rings is 1. The highest BCUT2D eigenvalue weighted by Crippen LogP contribution is 2.58. The number of hydrogen-bond donors (Lipinski definition) is 0. The molecule has 20 heavy (non-hydrogen) atoms. The Kier molecular flexibility index (Phi) is 4.04. The summed E-state index contributed by atoms with van der Waals surface area (Å²) >= 11 is 0. The van der Waals surface area contributed by atoms with Crippen molar-refractivity contribution >= 4 is 5.97 Å². The van der Waals surface area contributed by atoms with E-state index in [0.29, 0.717) is 19.6 Å². The number of rotatable bonds is 6. The molecule has 110 valence electrons. The largest absolute Gasteiger partial charge is 0.494 e. The fourth-order valence-electron chi connectivity index (χ4n) is 2.69. The van der Waals surface area contributed by atoms with E-state index in [1.54, 1.807) is 6.92 Å². The van der Waals surface area contributed by atoms with Crippen LogP contribution < -0.4 is 4.74 Å². The van der Waals surface area contributed by atoms with Gasteiger partial charge in [-0.2, -0.15) is 0 Å². The first-order valence-electron chi connectivity index (χ1n) is 7.14. The van der Waals surface area contributed by atoms with Crippen molar-refractivity contribution in [2.45, 2.75) is 45.3 Å². The van der Waals surface area contributed by atoms with Gasteiger partial charge in [0.2, 0.25) is 0 Å². The molecule has 0 bridgehead atoms. The fraction of sp³-hybridized carbons (Fsp3) is 0.562. The molecule has 0 aromatic heterocycles. The number of benzene rings is 1. The molecule has 1 aliphatic heterocycles. The second-order valence-corrected chi connectivity index (χ2v) is 4.99. The van der Waals surface area contributed by atoms with Gasteiger partial charge in [0.15, 0.2) is 5.60 Å². The average molecular weight is 278 g/mol. The van der Waals surface area contributed by atoms with E-state index in [0.717, 1.165) is 11.3 Å². The SMILES string of the molecule is CCOC(=O)C1(CC)OC1(C)c1ccc(OCC)cc1. The van der Waals surface area contributed by atoms with E-state index in [1.165, 1.54) is 0 Å². The third-order valence-electron chi connectivity index (χ3n) is 3.93. The smallest absolute Gasteiger partial charge is 0.341 e. The molecule has 1 aliphatic rings. The Morgan fingerprint density at radius 1 is 1.15 bits per heavy atom. The van der Waals surface area contributed by atoms with Gasteiger partial charge in [-0.3, -0.25) is 0 Å². The van der Waals surface area contributed by atoms with Gasteiger partial charge in [-0.25, -0.2) is 4.79 Å². The highest BCUT2D eigenvalue weighted by Gasteiger charge is 2.72. The topological polar surface area (TPSA) is 48.1 Å². The summed E-state index contributed by atoms with van der Waals surface area (Å²) in [5, 5.41) is 0. The third kappa shape index (κ3) is 2.18. The van der Waals surface area contributed by atoms with Crippen LogP contribution in [0.4, 0.5) is 0 Å².